The summed E-state index contributed by atoms with van der Waals surface area (Å²) in [5.41, 5.74) is 4.39. The van der Waals surface area contributed by atoms with Crippen molar-refractivity contribution in [1.29, 1.82) is 0 Å². The van der Waals surface area contributed by atoms with Crippen LogP contribution < -0.4 is 5.32 Å². The van der Waals surface area contributed by atoms with E-state index in [9.17, 15) is 8.78 Å². The standard InChI is InChI=1S/C26H25F2N3.2ClH/c1-2-12-31(18-21-4-3-11-29-15-21)17-20-7-5-19(6-8-20)16-30-26-14-23(26)22-9-10-24(27)25(28)13-22;;/h1,3-11,13,15,23,26,30H,12,14,16-18H2;2*1H/t23-,26+;;/m0../s1. The third-order valence-electron chi connectivity index (χ3n) is 5.60. The van der Waals surface area contributed by atoms with E-state index in [0.29, 0.717) is 12.6 Å². The number of terminal acetylenes is 1. The lowest BCUT2D eigenvalue weighted by atomic mass is 10.1. The highest BCUT2D eigenvalue weighted by Gasteiger charge is 2.38. The minimum atomic E-state index is -0.796. The van der Waals surface area contributed by atoms with Gasteiger partial charge in [0.1, 0.15) is 0 Å². The number of halogens is 4. The smallest absolute Gasteiger partial charge is 0.159 e. The molecule has 0 spiro atoms. The lowest BCUT2D eigenvalue weighted by Crippen LogP contribution is -2.23. The van der Waals surface area contributed by atoms with E-state index >= 15 is 0 Å². The topological polar surface area (TPSA) is 28.2 Å². The Balaban J connectivity index is 0.00000193. The maximum atomic E-state index is 13.4. The van der Waals surface area contributed by atoms with Crippen molar-refractivity contribution in [1.82, 2.24) is 15.2 Å². The second kappa shape index (κ2) is 12.7. The van der Waals surface area contributed by atoms with Gasteiger partial charge in [0.2, 0.25) is 0 Å². The van der Waals surface area contributed by atoms with Crippen molar-refractivity contribution in [3.05, 3.63) is 101 Å². The minimum absolute atomic E-state index is 0. The molecule has 4 rings (SSSR count). The average Bonchev–Trinajstić information content (AvgIpc) is 3.56. The molecular weight excluding hydrogens is 463 g/mol. The van der Waals surface area contributed by atoms with Crippen LogP contribution in [0.2, 0.25) is 0 Å². The quantitative estimate of drug-likeness (QED) is 0.403. The summed E-state index contributed by atoms with van der Waals surface area (Å²) in [5, 5.41) is 3.51. The molecule has 0 saturated heterocycles. The number of nitrogens with zero attached hydrogens (tertiary/aromatic N) is 2. The molecule has 1 heterocycles. The molecule has 7 heteroatoms. The molecule has 1 aromatic heterocycles. The van der Waals surface area contributed by atoms with E-state index < -0.39 is 11.6 Å². The number of aromatic nitrogens is 1. The van der Waals surface area contributed by atoms with Gasteiger partial charge >= 0.3 is 0 Å². The van der Waals surface area contributed by atoms with Crippen molar-refractivity contribution in [2.45, 2.75) is 38.0 Å². The molecule has 0 aliphatic heterocycles. The lowest BCUT2D eigenvalue weighted by molar-refractivity contribution is 0.290. The Morgan fingerprint density at radius 3 is 2.36 bits per heavy atom. The van der Waals surface area contributed by atoms with Crippen LogP contribution in [0.3, 0.4) is 0 Å². The molecule has 3 aromatic rings. The third kappa shape index (κ3) is 7.52. The summed E-state index contributed by atoms with van der Waals surface area (Å²) < 4.78 is 26.5. The van der Waals surface area contributed by atoms with Crippen molar-refractivity contribution < 1.29 is 8.78 Å². The summed E-state index contributed by atoms with van der Waals surface area (Å²) >= 11 is 0. The number of hydrogen-bond donors (Lipinski definition) is 1. The molecule has 2 aromatic carbocycles. The van der Waals surface area contributed by atoms with Crippen LogP contribution >= 0.6 is 24.8 Å². The molecule has 174 valence electrons. The summed E-state index contributed by atoms with van der Waals surface area (Å²) in [6, 6.07) is 17.0. The molecule has 3 nitrogen and oxygen atoms in total. The van der Waals surface area contributed by atoms with Gasteiger partial charge in [-0.3, -0.25) is 9.88 Å². The molecule has 0 radical (unpaired) electrons. The highest BCUT2D eigenvalue weighted by Crippen LogP contribution is 2.41. The predicted octanol–water partition coefficient (Wildman–Crippen LogP) is 5.48. The first kappa shape index (κ1) is 26.8. The van der Waals surface area contributed by atoms with Gasteiger partial charge in [-0.2, -0.15) is 0 Å². The summed E-state index contributed by atoms with van der Waals surface area (Å²) in [4.78, 5) is 6.38. The average molecular weight is 490 g/mol. The van der Waals surface area contributed by atoms with E-state index in [0.717, 1.165) is 37.2 Å². The fourth-order valence-corrected chi connectivity index (χ4v) is 3.85. The second-order valence-corrected chi connectivity index (χ2v) is 8.03. The van der Waals surface area contributed by atoms with Gasteiger partial charge < -0.3 is 5.32 Å². The van der Waals surface area contributed by atoms with E-state index in [-0.39, 0.29) is 30.7 Å². The van der Waals surface area contributed by atoms with Crippen LogP contribution in [0.15, 0.2) is 67.0 Å². The maximum Gasteiger partial charge on any atom is 0.159 e. The molecular formula is C26H27Cl2F2N3. The van der Waals surface area contributed by atoms with Crippen LogP contribution in [-0.2, 0) is 19.6 Å². The van der Waals surface area contributed by atoms with E-state index in [1.54, 1.807) is 12.3 Å². The molecule has 0 amide bonds. The number of benzene rings is 2. The van der Waals surface area contributed by atoms with Crippen molar-refractivity contribution >= 4 is 24.8 Å². The highest BCUT2D eigenvalue weighted by atomic mass is 35.5. The van der Waals surface area contributed by atoms with Crippen molar-refractivity contribution in [3.8, 4) is 12.3 Å². The van der Waals surface area contributed by atoms with Crippen LogP contribution in [0.5, 0.6) is 0 Å². The lowest BCUT2D eigenvalue weighted by Gasteiger charge is -2.20. The largest absolute Gasteiger partial charge is 0.309 e. The molecule has 1 aliphatic rings. The van der Waals surface area contributed by atoms with Gasteiger partial charge in [0.05, 0.1) is 6.54 Å². The number of rotatable bonds is 9. The fraction of sp³-hybridized carbons (Fsp3) is 0.269. The zero-order valence-electron chi connectivity index (χ0n) is 18.1. The van der Waals surface area contributed by atoms with Crippen LogP contribution in [0.1, 0.15) is 34.6 Å². The van der Waals surface area contributed by atoms with Crippen molar-refractivity contribution in [2.24, 2.45) is 0 Å². The Kier molecular flexibility index (Phi) is 10.3. The highest BCUT2D eigenvalue weighted by molar-refractivity contribution is 5.85. The fourth-order valence-electron chi connectivity index (χ4n) is 3.85. The normalized spacial score (nSPS) is 16.4. The first-order valence-corrected chi connectivity index (χ1v) is 10.4. The molecule has 1 saturated carbocycles. The van der Waals surface area contributed by atoms with E-state index in [1.165, 1.54) is 23.3 Å². The van der Waals surface area contributed by atoms with Gasteiger partial charge in [-0.1, -0.05) is 42.3 Å². The molecule has 2 atom stereocenters. The summed E-state index contributed by atoms with van der Waals surface area (Å²) in [5.74, 6) is 1.41. The summed E-state index contributed by atoms with van der Waals surface area (Å²) in [7, 11) is 0. The van der Waals surface area contributed by atoms with Crippen LogP contribution in [0, 0.1) is 24.0 Å². The Morgan fingerprint density at radius 1 is 0.970 bits per heavy atom. The first-order chi connectivity index (χ1) is 15.1. The number of pyridine rings is 1. The van der Waals surface area contributed by atoms with Gasteiger partial charge in [0.15, 0.2) is 11.6 Å². The Bertz CT molecular complexity index is 1060. The summed E-state index contributed by atoms with van der Waals surface area (Å²) in [6.07, 6.45) is 10.1. The molecule has 1 N–H and O–H groups in total. The molecule has 1 aliphatic carbocycles. The van der Waals surface area contributed by atoms with Crippen molar-refractivity contribution in [2.75, 3.05) is 6.54 Å². The van der Waals surface area contributed by atoms with Gasteiger partial charge in [-0.25, -0.2) is 8.78 Å². The number of nitrogens with one attached hydrogen (secondary N) is 1. The van der Waals surface area contributed by atoms with E-state index in [4.69, 9.17) is 6.42 Å². The van der Waals surface area contributed by atoms with Crippen LogP contribution in [0.4, 0.5) is 8.78 Å². The molecule has 33 heavy (non-hydrogen) atoms. The molecule has 0 bridgehead atoms. The van der Waals surface area contributed by atoms with Gasteiger partial charge in [-0.15, -0.1) is 31.2 Å². The summed E-state index contributed by atoms with van der Waals surface area (Å²) in [6.45, 7) is 2.85. The third-order valence-corrected chi connectivity index (χ3v) is 5.60. The predicted molar refractivity (Wildman–Crippen MR) is 132 cm³/mol. The zero-order valence-corrected chi connectivity index (χ0v) is 19.7. The number of hydrogen-bond acceptors (Lipinski definition) is 3. The minimum Gasteiger partial charge on any atom is -0.309 e. The van der Waals surface area contributed by atoms with Gasteiger partial charge in [0.25, 0.3) is 0 Å². The Hall–Kier alpha value is -2.49. The SMILES string of the molecule is C#CCN(Cc1ccc(CN[C@@H]2C[C@H]2c2ccc(F)c(F)c2)cc1)Cc1cccnc1.Cl.Cl. The zero-order chi connectivity index (χ0) is 21.6. The second-order valence-electron chi connectivity index (χ2n) is 8.03. The van der Waals surface area contributed by atoms with E-state index in [2.05, 4.69) is 51.5 Å². The Labute approximate surface area is 206 Å². The first-order valence-electron chi connectivity index (χ1n) is 10.4. The maximum absolute atomic E-state index is 13.4. The van der Waals surface area contributed by atoms with E-state index in [1.807, 2.05) is 12.3 Å². The van der Waals surface area contributed by atoms with Gasteiger partial charge in [0, 0.05) is 44.0 Å². The van der Waals surface area contributed by atoms with Gasteiger partial charge in [-0.05, 0) is 46.9 Å². The molecule has 1 fully saturated rings. The van der Waals surface area contributed by atoms with Crippen molar-refractivity contribution in [3.63, 3.8) is 0 Å². The molecule has 0 unspecified atom stereocenters. The monoisotopic (exact) mass is 489 g/mol. The van der Waals surface area contributed by atoms with Crippen LogP contribution in [-0.4, -0.2) is 22.5 Å². The Morgan fingerprint density at radius 2 is 1.70 bits per heavy atom. The van der Waals surface area contributed by atoms with Crippen LogP contribution in [0.25, 0.3) is 0 Å².